The van der Waals surface area contributed by atoms with Crippen molar-refractivity contribution in [2.24, 2.45) is 0 Å². The highest BCUT2D eigenvalue weighted by atomic mass is 79.9. The van der Waals surface area contributed by atoms with E-state index >= 15 is 0 Å². The number of phenolic OH excluding ortho intramolecular Hbond substituents is 1. The quantitative estimate of drug-likeness (QED) is 0.858. The number of phenols is 1. The van der Waals surface area contributed by atoms with Gasteiger partial charge in [0.1, 0.15) is 5.75 Å². The Bertz CT molecular complexity index is 479. The molecule has 0 saturated carbocycles. The number of halogens is 1. The number of rotatable bonds is 3. The van der Waals surface area contributed by atoms with Gasteiger partial charge in [-0.3, -0.25) is 4.79 Å². The van der Waals surface area contributed by atoms with Gasteiger partial charge in [-0.05, 0) is 32.0 Å². The smallest absolute Gasteiger partial charge is 0.257 e. The summed E-state index contributed by atoms with van der Waals surface area (Å²) in [6.45, 7) is 6.33. The zero-order valence-corrected chi connectivity index (χ0v) is 13.4. The van der Waals surface area contributed by atoms with E-state index in [4.69, 9.17) is 0 Å². The summed E-state index contributed by atoms with van der Waals surface area (Å²) in [5.74, 6) is 0.00838. The predicted molar refractivity (Wildman–Crippen MR) is 83.6 cm³/mol. The minimum Gasteiger partial charge on any atom is -0.507 e. The molecule has 0 bridgehead atoms. The molecule has 1 N–H and O–H groups in total. The Labute approximate surface area is 128 Å². The number of amides is 1. The Morgan fingerprint density at radius 1 is 1.30 bits per heavy atom. The minimum absolute atomic E-state index is 0.0631. The van der Waals surface area contributed by atoms with Gasteiger partial charge in [0.05, 0.1) is 5.56 Å². The monoisotopic (exact) mass is 340 g/mol. The summed E-state index contributed by atoms with van der Waals surface area (Å²) in [6.07, 6.45) is 0.977. The van der Waals surface area contributed by atoms with Gasteiger partial charge < -0.3 is 14.9 Å². The average Bonchev–Trinajstić information content (AvgIpc) is 2.67. The van der Waals surface area contributed by atoms with Crippen molar-refractivity contribution in [2.75, 3.05) is 38.1 Å². The van der Waals surface area contributed by atoms with Crippen molar-refractivity contribution in [3.8, 4) is 5.75 Å². The van der Waals surface area contributed by atoms with Crippen molar-refractivity contribution < 1.29 is 9.90 Å². The fraction of sp³-hybridized carbons (Fsp3) is 0.533. The van der Waals surface area contributed by atoms with E-state index < -0.39 is 0 Å². The molecule has 5 heteroatoms. The van der Waals surface area contributed by atoms with Crippen LogP contribution in [0, 0.1) is 6.92 Å². The molecule has 1 aromatic carbocycles. The molecule has 1 heterocycles. The molecule has 0 radical (unpaired) electrons. The van der Waals surface area contributed by atoms with E-state index in [0.29, 0.717) is 5.56 Å². The van der Waals surface area contributed by atoms with Crippen LogP contribution in [0.4, 0.5) is 0 Å². The second-order valence-electron chi connectivity index (χ2n) is 5.20. The Morgan fingerprint density at radius 3 is 2.85 bits per heavy atom. The third-order valence-corrected chi connectivity index (χ3v) is 4.01. The molecule has 20 heavy (non-hydrogen) atoms. The molecular weight excluding hydrogens is 320 g/mol. The van der Waals surface area contributed by atoms with Gasteiger partial charge in [-0.25, -0.2) is 0 Å². The average molecular weight is 341 g/mol. The van der Waals surface area contributed by atoms with Gasteiger partial charge in [0.15, 0.2) is 0 Å². The number of aryl methyl sites for hydroxylation is 1. The van der Waals surface area contributed by atoms with E-state index in [9.17, 15) is 9.90 Å². The van der Waals surface area contributed by atoms with Gasteiger partial charge in [-0.1, -0.05) is 27.6 Å². The van der Waals surface area contributed by atoms with Crippen LogP contribution < -0.4 is 0 Å². The van der Waals surface area contributed by atoms with Gasteiger partial charge in [0, 0.05) is 31.5 Å². The first kappa shape index (κ1) is 15.3. The third-order valence-electron chi connectivity index (χ3n) is 3.66. The van der Waals surface area contributed by atoms with Gasteiger partial charge >= 0.3 is 0 Å². The Kier molecular flexibility index (Phi) is 5.43. The summed E-state index contributed by atoms with van der Waals surface area (Å²) in [5.41, 5.74) is 1.40. The normalized spacial score (nSPS) is 17.0. The Balaban J connectivity index is 2.07. The number of benzene rings is 1. The lowest BCUT2D eigenvalue weighted by molar-refractivity contribution is 0.0758. The van der Waals surface area contributed by atoms with Crippen molar-refractivity contribution in [3.05, 3.63) is 29.3 Å². The van der Waals surface area contributed by atoms with Gasteiger partial charge in [-0.15, -0.1) is 0 Å². The highest BCUT2D eigenvalue weighted by Crippen LogP contribution is 2.20. The molecule has 0 aromatic heterocycles. The van der Waals surface area contributed by atoms with Crippen LogP contribution >= 0.6 is 15.9 Å². The lowest BCUT2D eigenvalue weighted by Crippen LogP contribution is -2.35. The number of aromatic hydroxyl groups is 1. The molecule has 0 atom stereocenters. The van der Waals surface area contributed by atoms with Crippen molar-refractivity contribution in [2.45, 2.75) is 13.3 Å². The van der Waals surface area contributed by atoms with Crippen LogP contribution in [-0.2, 0) is 0 Å². The summed E-state index contributed by atoms with van der Waals surface area (Å²) < 4.78 is 0. The fourth-order valence-electron chi connectivity index (χ4n) is 2.51. The second-order valence-corrected chi connectivity index (χ2v) is 5.99. The van der Waals surface area contributed by atoms with Crippen LogP contribution in [-0.4, -0.2) is 58.9 Å². The second kappa shape index (κ2) is 7.09. The molecule has 1 amide bonds. The van der Waals surface area contributed by atoms with E-state index in [1.807, 2.05) is 17.9 Å². The van der Waals surface area contributed by atoms with E-state index in [2.05, 4.69) is 20.8 Å². The van der Waals surface area contributed by atoms with Crippen LogP contribution in [0.2, 0.25) is 0 Å². The van der Waals surface area contributed by atoms with E-state index in [1.54, 1.807) is 12.1 Å². The molecule has 1 aliphatic rings. The predicted octanol–water partition coefficient (Wildman–Crippen LogP) is 2.24. The summed E-state index contributed by atoms with van der Waals surface area (Å²) in [6, 6.07) is 5.17. The molecule has 1 fully saturated rings. The van der Waals surface area contributed by atoms with Crippen LogP contribution in [0.15, 0.2) is 18.2 Å². The molecule has 110 valence electrons. The number of hydrogen-bond acceptors (Lipinski definition) is 3. The highest BCUT2D eigenvalue weighted by Gasteiger charge is 2.22. The first-order chi connectivity index (χ1) is 9.61. The SMILES string of the molecule is Cc1ccc(O)c(C(=O)N2CCCN(CCBr)CC2)c1. The lowest BCUT2D eigenvalue weighted by Gasteiger charge is -2.22. The number of hydrogen-bond donors (Lipinski definition) is 1. The molecular formula is C15H21BrN2O2. The summed E-state index contributed by atoms with van der Waals surface area (Å²) in [7, 11) is 0. The molecule has 0 spiro atoms. The van der Waals surface area contributed by atoms with E-state index in [-0.39, 0.29) is 11.7 Å². The van der Waals surface area contributed by atoms with Crippen LogP contribution in [0.5, 0.6) is 5.75 Å². The Morgan fingerprint density at radius 2 is 2.10 bits per heavy atom. The highest BCUT2D eigenvalue weighted by molar-refractivity contribution is 9.09. The van der Waals surface area contributed by atoms with Crippen molar-refractivity contribution in [1.29, 1.82) is 0 Å². The van der Waals surface area contributed by atoms with Gasteiger partial charge in [-0.2, -0.15) is 0 Å². The van der Waals surface area contributed by atoms with Gasteiger partial charge in [0.25, 0.3) is 5.91 Å². The molecule has 1 aliphatic heterocycles. The molecule has 0 aliphatic carbocycles. The largest absolute Gasteiger partial charge is 0.507 e. The summed E-state index contributed by atoms with van der Waals surface area (Å²) >= 11 is 3.45. The summed E-state index contributed by atoms with van der Waals surface area (Å²) in [5, 5.41) is 10.8. The summed E-state index contributed by atoms with van der Waals surface area (Å²) in [4.78, 5) is 16.7. The van der Waals surface area contributed by atoms with Crippen LogP contribution in [0.3, 0.4) is 0 Å². The minimum atomic E-state index is -0.0631. The molecule has 2 rings (SSSR count). The van der Waals surface area contributed by atoms with Crippen molar-refractivity contribution in [3.63, 3.8) is 0 Å². The van der Waals surface area contributed by atoms with Crippen molar-refractivity contribution >= 4 is 21.8 Å². The number of nitrogens with zero attached hydrogens (tertiary/aromatic N) is 2. The maximum absolute atomic E-state index is 12.5. The number of carbonyl (C=O) groups is 1. The first-order valence-electron chi connectivity index (χ1n) is 6.99. The Hall–Kier alpha value is -1.07. The zero-order chi connectivity index (χ0) is 14.5. The topological polar surface area (TPSA) is 43.8 Å². The van der Waals surface area contributed by atoms with E-state index in [0.717, 1.165) is 50.0 Å². The van der Waals surface area contributed by atoms with Crippen LogP contribution in [0.1, 0.15) is 22.3 Å². The number of carbonyl (C=O) groups excluding carboxylic acids is 1. The third kappa shape index (κ3) is 3.73. The molecule has 1 aromatic rings. The van der Waals surface area contributed by atoms with E-state index in [1.165, 1.54) is 0 Å². The fourth-order valence-corrected chi connectivity index (χ4v) is 3.01. The maximum Gasteiger partial charge on any atom is 0.257 e. The maximum atomic E-state index is 12.5. The first-order valence-corrected chi connectivity index (χ1v) is 8.11. The molecule has 4 nitrogen and oxygen atoms in total. The van der Waals surface area contributed by atoms with Crippen LogP contribution in [0.25, 0.3) is 0 Å². The zero-order valence-electron chi connectivity index (χ0n) is 11.8. The van der Waals surface area contributed by atoms with Crippen molar-refractivity contribution in [1.82, 2.24) is 9.80 Å². The molecule has 1 saturated heterocycles. The lowest BCUT2D eigenvalue weighted by atomic mass is 10.1. The standard InChI is InChI=1S/C15H21BrN2O2/c1-12-3-4-14(19)13(11-12)15(20)18-7-2-6-17(8-5-16)9-10-18/h3-4,11,19H,2,5-10H2,1H3. The number of alkyl halides is 1. The van der Waals surface area contributed by atoms with Gasteiger partial charge in [0.2, 0.25) is 0 Å². The molecule has 0 unspecified atom stereocenters.